The van der Waals surface area contributed by atoms with E-state index in [0.717, 1.165) is 16.9 Å². The van der Waals surface area contributed by atoms with Crippen LogP contribution in [0.1, 0.15) is 37.7 Å². The van der Waals surface area contributed by atoms with Gasteiger partial charge in [-0.1, -0.05) is 45.0 Å². The van der Waals surface area contributed by atoms with Crippen LogP contribution in [-0.4, -0.2) is 21.9 Å². The Morgan fingerprint density at radius 2 is 1.90 bits per heavy atom. The number of furan rings is 1. The molecule has 0 unspecified atom stereocenters. The molecule has 0 aliphatic heterocycles. The van der Waals surface area contributed by atoms with Gasteiger partial charge in [0.2, 0.25) is 0 Å². The van der Waals surface area contributed by atoms with E-state index in [2.05, 4.69) is 59.9 Å². The van der Waals surface area contributed by atoms with Crippen LogP contribution in [0.15, 0.2) is 57.3 Å². The van der Waals surface area contributed by atoms with E-state index in [1.165, 1.54) is 22.5 Å². The van der Waals surface area contributed by atoms with Crippen LogP contribution in [0.3, 0.4) is 0 Å². The van der Waals surface area contributed by atoms with Crippen molar-refractivity contribution >= 4 is 21.6 Å². The van der Waals surface area contributed by atoms with Gasteiger partial charge in [0.1, 0.15) is 16.4 Å². The quantitative estimate of drug-likeness (QED) is 0.495. The zero-order valence-electron chi connectivity index (χ0n) is 17.2. The maximum Gasteiger partial charge on any atom is 0.260 e. The Kier molecular flexibility index (Phi) is 5.15. The number of H-pyrrole nitrogens is 1. The summed E-state index contributed by atoms with van der Waals surface area (Å²) in [4.78, 5) is 23.2. The predicted octanol–water partition coefficient (Wildman–Crippen LogP) is 5.17. The second-order valence-electron chi connectivity index (χ2n) is 8.44. The van der Waals surface area contributed by atoms with Gasteiger partial charge in [0.15, 0.2) is 0 Å². The molecule has 150 valence electrons. The number of nitrogens with one attached hydrogen (secondary N) is 1. The summed E-state index contributed by atoms with van der Waals surface area (Å²) in [6, 6.07) is 12.4. The molecule has 0 spiro atoms. The van der Waals surface area contributed by atoms with E-state index in [0.29, 0.717) is 23.5 Å². The predicted molar refractivity (Wildman–Crippen MR) is 118 cm³/mol. The normalized spacial score (nSPS) is 12.2. The fraction of sp³-hybridized carbons (Fsp3) is 0.304. The molecular weight excluding hydrogens is 382 g/mol. The minimum absolute atomic E-state index is 0.124. The third-order valence-electron chi connectivity index (χ3n) is 4.97. The highest BCUT2D eigenvalue weighted by atomic mass is 32.1. The second kappa shape index (κ2) is 7.61. The van der Waals surface area contributed by atoms with Gasteiger partial charge < -0.3 is 9.40 Å². The smallest absolute Gasteiger partial charge is 0.260 e. The first-order valence-corrected chi connectivity index (χ1v) is 10.5. The van der Waals surface area contributed by atoms with Gasteiger partial charge in [-0.25, -0.2) is 4.98 Å². The van der Waals surface area contributed by atoms with Gasteiger partial charge in [-0.05, 0) is 35.7 Å². The lowest BCUT2D eigenvalue weighted by Crippen LogP contribution is -2.21. The van der Waals surface area contributed by atoms with Crippen molar-refractivity contribution in [1.29, 1.82) is 0 Å². The van der Waals surface area contributed by atoms with Gasteiger partial charge in [-0.2, -0.15) is 0 Å². The third kappa shape index (κ3) is 4.18. The lowest BCUT2D eigenvalue weighted by molar-refractivity contribution is 0.310. The molecule has 4 aromatic rings. The standard InChI is InChI=1S/C23H25N3O2S/c1-23(2,3)16-9-7-15(8-10-16)12-26(4)13-19-24-21(27)20-17(14-29-22(20)25-19)18-6-5-11-28-18/h5-11,14H,12-13H2,1-4H3,(H,24,25,27). The molecule has 1 N–H and O–H groups in total. The maximum atomic E-state index is 12.7. The summed E-state index contributed by atoms with van der Waals surface area (Å²) in [5.74, 6) is 1.36. The Morgan fingerprint density at radius 1 is 1.14 bits per heavy atom. The SMILES string of the molecule is CN(Cc1ccc(C(C)(C)C)cc1)Cc1nc2scc(-c3ccco3)c2c(=O)[nH]1. The van der Waals surface area contributed by atoms with Crippen molar-refractivity contribution in [2.24, 2.45) is 0 Å². The summed E-state index contributed by atoms with van der Waals surface area (Å²) >= 11 is 1.47. The van der Waals surface area contributed by atoms with Crippen LogP contribution in [0.4, 0.5) is 0 Å². The zero-order chi connectivity index (χ0) is 20.6. The van der Waals surface area contributed by atoms with Crippen molar-refractivity contribution in [2.75, 3.05) is 7.05 Å². The van der Waals surface area contributed by atoms with E-state index < -0.39 is 0 Å². The molecule has 3 aromatic heterocycles. The average Bonchev–Trinajstić information content (AvgIpc) is 3.30. The molecule has 4 rings (SSSR count). The summed E-state index contributed by atoms with van der Waals surface area (Å²) in [5.41, 5.74) is 3.38. The molecule has 0 saturated heterocycles. The van der Waals surface area contributed by atoms with Crippen LogP contribution in [0.25, 0.3) is 21.5 Å². The summed E-state index contributed by atoms with van der Waals surface area (Å²) in [5, 5.41) is 2.52. The van der Waals surface area contributed by atoms with Gasteiger partial charge in [-0.3, -0.25) is 9.69 Å². The van der Waals surface area contributed by atoms with E-state index in [9.17, 15) is 4.79 Å². The topological polar surface area (TPSA) is 62.1 Å². The largest absolute Gasteiger partial charge is 0.464 e. The van der Waals surface area contributed by atoms with E-state index >= 15 is 0 Å². The minimum atomic E-state index is -0.124. The number of thiophene rings is 1. The molecule has 3 heterocycles. The first kappa shape index (κ1) is 19.6. The van der Waals surface area contributed by atoms with Crippen molar-refractivity contribution in [1.82, 2.24) is 14.9 Å². The Bertz CT molecular complexity index is 1170. The highest BCUT2D eigenvalue weighted by Crippen LogP contribution is 2.31. The molecule has 0 saturated carbocycles. The fourth-order valence-electron chi connectivity index (χ4n) is 3.41. The van der Waals surface area contributed by atoms with Crippen LogP contribution < -0.4 is 5.56 Å². The van der Waals surface area contributed by atoms with Crippen molar-refractivity contribution < 1.29 is 4.42 Å². The van der Waals surface area contributed by atoms with Crippen LogP contribution in [0, 0.1) is 0 Å². The lowest BCUT2D eigenvalue weighted by Gasteiger charge is -2.20. The number of benzene rings is 1. The average molecular weight is 408 g/mol. The number of fused-ring (bicyclic) bond motifs is 1. The van der Waals surface area contributed by atoms with Crippen molar-refractivity contribution in [3.63, 3.8) is 0 Å². The minimum Gasteiger partial charge on any atom is -0.464 e. The molecule has 0 amide bonds. The highest BCUT2D eigenvalue weighted by Gasteiger charge is 2.16. The number of aromatic nitrogens is 2. The van der Waals surface area contributed by atoms with Crippen LogP contribution in [0.2, 0.25) is 0 Å². The fourth-order valence-corrected chi connectivity index (χ4v) is 4.36. The molecule has 6 heteroatoms. The van der Waals surface area contributed by atoms with Crippen molar-refractivity contribution in [2.45, 2.75) is 39.3 Å². The summed E-state index contributed by atoms with van der Waals surface area (Å²) < 4.78 is 5.45. The molecular formula is C23H25N3O2S. The highest BCUT2D eigenvalue weighted by molar-refractivity contribution is 7.17. The second-order valence-corrected chi connectivity index (χ2v) is 9.30. The van der Waals surface area contributed by atoms with E-state index in [4.69, 9.17) is 4.42 Å². The lowest BCUT2D eigenvalue weighted by atomic mass is 9.87. The third-order valence-corrected chi connectivity index (χ3v) is 5.84. The monoisotopic (exact) mass is 407 g/mol. The summed E-state index contributed by atoms with van der Waals surface area (Å²) in [6.07, 6.45) is 1.61. The van der Waals surface area contributed by atoms with Gasteiger partial charge in [0.05, 0.1) is 18.2 Å². The molecule has 0 bridgehead atoms. The zero-order valence-corrected chi connectivity index (χ0v) is 18.0. The number of aromatic amines is 1. The first-order chi connectivity index (χ1) is 13.8. The Balaban J connectivity index is 1.51. The van der Waals surface area contributed by atoms with E-state index in [1.807, 2.05) is 24.6 Å². The number of hydrogen-bond donors (Lipinski definition) is 1. The van der Waals surface area contributed by atoms with Crippen LogP contribution in [-0.2, 0) is 18.5 Å². The molecule has 0 fully saturated rings. The van der Waals surface area contributed by atoms with E-state index in [1.54, 1.807) is 6.26 Å². The van der Waals surface area contributed by atoms with Crippen LogP contribution in [0.5, 0.6) is 0 Å². The molecule has 0 atom stereocenters. The molecule has 0 radical (unpaired) electrons. The molecule has 5 nitrogen and oxygen atoms in total. The van der Waals surface area contributed by atoms with Gasteiger partial charge in [0.25, 0.3) is 5.56 Å². The Hall–Kier alpha value is -2.70. The summed E-state index contributed by atoms with van der Waals surface area (Å²) in [6.45, 7) is 8.00. The molecule has 0 aliphatic carbocycles. The van der Waals surface area contributed by atoms with Crippen LogP contribution >= 0.6 is 11.3 Å². The van der Waals surface area contributed by atoms with Gasteiger partial charge in [0, 0.05) is 17.5 Å². The Morgan fingerprint density at radius 3 is 2.55 bits per heavy atom. The molecule has 1 aromatic carbocycles. The maximum absolute atomic E-state index is 12.7. The Labute approximate surface area is 174 Å². The number of rotatable bonds is 5. The number of nitrogens with zero attached hydrogens (tertiary/aromatic N) is 2. The molecule has 29 heavy (non-hydrogen) atoms. The van der Waals surface area contributed by atoms with Crippen molar-refractivity contribution in [3.8, 4) is 11.3 Å². The van der Waals surface area contributed by atoms with Gasteiger partial charge in [-0.15, -0.1) is 11.3 Å². The van der Waals surface area contributed by atoms with E-state index in [-0.39, 0.29) is 11.0 Å². The first-order valence-electron chi connectivity index (χ1n) is 9.63. The molecule has 0 aliphatic rings. The van der Waals surface area contributed by atoms with Crippen molar-refractivity contribution in [3.05, 3.63) is 75.3 Å². The summed E-state index contributed by atoms with van der Waals surface area (Å²) in [7, 11) is 2.03. The number of hydrogen-bond acceptors (Lipinski definition) is 5. The van der Waals surface area contributed by atoms with Gasteiger partial charge >= 0.3 is 0 Å².